The maximum atomic E-state index is 12.0. The summed E-state index contributed by atoms with van der Waals surface area (Å²) in [5.41, 5.74) is 0.735. The lowest BCUT2D eigenvalue weighted by atomic mass is 10.3. The first-order chi connectivity index (χ1) is 11.1. The van der Waals surface area contributed by atoms with E-state index in [1.165, 1.54) is 4.90 Å². The van der Waals surface area contributed by atoms with Crippen molar-refractivity contribution in [2.75, 3.05) is 25.2 Å². The van der Waals surface area contributed by atoms with Gasteiger partial charge in [-0.15, -0.1) is 0 Å². The van der Waals surface area contributed by atoms with E-state index in [0.29, 0.717) is 5.75 Å². The first-order valence-electron chi connectivity index (χ1n) is 6.92. The predicted octanol–water partition coefficient (Wildman–Crippen LogP) is 3.03. The highest BCUT2D eigenvalue weighted by Crippen LogP contribution is 2.17. The molecule has 2 aromatic rings. The lowest BCUT2D eigenvalue weighted by molar-refractivity contribution is -0.149. The van der Waals surface area contributed by atoms with Crippen molar-refractivity contribution in [1.82, 2.24) is 0 Å². The maximum absolute atomic E-state index is 12.0. The van der Waals surface area contributed by atoms with Gasteiger partial charge in [-0.3, -0.25) is 4.79 Å². The van der Waals surface area contributed by atoms with Crippen LogP contribution in [0.5, 0.6) is 5.75 Å². The molecule has 6 heteroatoms. The number of hydrogen-bond acceptors (Lipinski definition) is 4. The van der Waals surface area contributed by atoms with E-state index in [2.05, 4.69) is 15.9 Å². The Bertz CT molecular complexity index is 675. The van der Waals surface area contributed by atoms with E-state index < -0.39 is 5.97 Å². The molecule has 23 heavy (non-hydrogen) atoms. The van der Waals surface area contributed by atoms with Gasteiger partial charge in [-0.2, -0.15) is 0 Å². The summed E-state index contributed by atoms with van der Waals surface area (Å²) in [7, 11) is 1.63. The molecule has 0 N–H and O–H groups in total. The van der Waals surface area contributed by atoms with Crippen LogP contribution in [0.3, 0.4) is 0 Å². The molecule has 120 valence electrons. The molecule has 0 heterocycles. The van der Waals surface area contributed by atoms with Gasteiger partial charge in [0.1, 0.15) is 5.75 Å². The molecule has 2 rings (SSSR count). The summed E-state index contributed by atoms with van der Waals surface area (Å²) in [6.07, 6.45) is 0. The molecule has 0 unspecified atom stereocenters. The normalized spacial score (nSPS) is 10.0. The fourth-order valence-corrected chi connectivity index (χ4v) is 2.15. The number of hydrogen-bond donors (Lipinski definition) is 0. The number of ether oxygens (including phenoxy) is 2. The van der Waals surface area contributed by atoms with Gasteiger partial charge in [0, 0.05) is 17.2 Å². The van der Waals surface area contributed by atoms with Crippen molar-refractivity contribution in [1.29, 1.82) is 0 Å². The molecule has 0 atom stereocenters. The van der Waals surface area contributed by atoms with Crippen LogP contribution in [0.1, 0.15) is 0 Å². The van der Waals surface area contributed by atoms with Gasteiger partial charge in [-0.1, -0.05) is 40.2 Å². The number of para-hydroxylation sites is 1. The molecule has 0 bridgehead atoms. The van der Waals surface area contributed by atoms with Crippen LogP contribution in [0.25, 0.3) is 0 Å². The van der Waals surface area contributed by atoms with E-state index in [1.807, 2.05) is 24.3 Å². The number of likely N-dealkylation sites (N-methyl/N-ethyl adjacent to an activating group) is 1. The van der Waals surface area contributed by atoms with E-state index in [4.69, 9.17) is 9.47 Å². The minimum atomic E-state index is -0.597. The minimum Gasteiger partial charge on any atom is -0.482 e. The molecule has 2 aromatic carbocycles. The smallest absolute Gasteiger partial charge is 0.344 e. The number of halogens is 1. The second-order valence-corrected chi connectivity index (χ2v) is 5.61. The van der Waals surface area contributed by atoms with Crippen LogP contribution in [-0.4, -0.2) is 32.1 Å². The molecule has 5 nitrogen and oxygen atoms in total. The summed E-state index contributed by atoms with van der Waals surface area (Å²) in [6.45, 7) is -0.579. The van der Waals surface area contributed by atoms with Crippen LogP contribution in [0, 0.1) is 0 Å². The minimum absolute atomic E-state index is 0.251. The summed E-state index contributed by atoms with van der Waals surface area (Å²) in [5, 5.41) is 0. The molecule has 0 spiro atoms. The summed E-state index contributed by atoms with van der Waals surface area (Å²) in [5.74, 6) is -0.365. The third-order valence-corrected chi connectivity index (χ3v) is 3.52. The number of amides is 1. The molecule has 0 aliphatic carbocycles. The highest BCUT2D eigenvalue weighted by atomic mass is 79.9. The van der Waals surface area contributed by atoms with Crippen LogP contribution in [-0.2, 0) is 14.3 Å². The van der Waals surface area contributed by atoms with E-state index >= 15 is 0 Å². The van der Waals surface area contributed by atoms with Crippen LogP contribution >= 0.6 is 15.9 Å². The van der Waals surface area contributed by atoms with Crippen molar-refractivity contribution >= 4 is 33.5 Å². The van der Waals surface area contributed by atoms with Gasteiger partial charge in [-0.05, 0) is 30.3 Å². The Morgan fingerprint density at radius 2 is 1.78 bits per heavy atom. The van der Waals surface area contributed by atoms with Gasteiger partial charge in [0.05, 0.1) is 0 Å². The molecule has 0 saturated carbocycles. The second kappa shape index (κ2) is 8.33. The molecule has 0 aromatic heterocycles. The topological polar surface area (TPSA) is 55.8 Å². The third kappa shape index (κ3) is 5.41. The van der Waals surface area contributed by atoms with Crippen LogP contribution < -0.4 is 9.64 Å². The van der Waals surface area contributed by atoms with E-state index in [9.17, 15) is 9.59 Å². The first-order valence-corrected chi connectivity index (χ1v) is 7.71. The Morgan fingerprint density at radius 1 is 1.04 bits per heavy atom. The fourth-order valence-electron chi connectivity index (χ4n) is 1.78. The quantitative estimate of drug-likeness (QED) is 0.726. The summed E-state index contributed by atoms with van der Waals surface area (Å²) >= 11 is 3.31. The predicted molar refractivity (Wildman–Crippen MR) is 90.4 cm³/mol. The van der Waals surface area contributed by atoms with Crippen molar-refractivity contribution in [2.45, 2.75) is 0 Å². The van der Waals surface area contributed by atoms with Crippen molar-refractivity contribution in [3.05, 3.63) is 59.1 Å². The standard InChI is InChI=1S/C17H16BrNO4/c1-19(14-7-3-2-4-8-14)16(20)11-23-17(21)12-22-15-9-5-6-13(18)10-15/h2-10H,11-12H2,1H3. The summed E-state index contributed by atoms with van der Waals surface area (Å²) < 4.78 is 11.1. The van der Waals surface area contributed by atoms with Crippen molar-refractivity contribution in [3.63, 3.8) is 0 Å². The zero-order valence-electron chi connectivity index (χ0n) is 12.6. The molecule has 0 aliphatic heterocycles. The highest BCUT2D eigenvalue weighted by Gasteiger charge is 2.13. The van der Waals surface area contributed by atoms with E-state index in [1.54, 1.807) is 37.4 Å². The first kappa shape index (κ1) is 17.0. The summed E-state index contributed by atoms with van der Waals surface area (Å²) in [4.78, 5) is 25.0. The Balaban J connectivity index is 1.76. The van der Waals surface area contributed by atoms with Gasteiger partial charge in [-0.25, -0.2) is 4.79 Å². The second-order valence-electron chi connectivity index (χ2n) is 4.70. The van der Waals surface area contributed by atoms with Gasteiger partial charge in [0.2, 0.25) is 0 Å². The average Bonchev–Trinajstić information content (AvgIpc) is 2.58. The van der Waals surface area contributed by atoms with Crippen molar-refractivity contribution in [3.8, 4) is 5.75 Å². The number of nitrogens with zero attached hydrogens (tertiary/aromatic N) is 1. The Labute approximate surface area is 142 Å². The average molecular weight is 378 g/mol. The van der Waals surface area contributed by atoms with Gasteiger partial charge < -0.3 is 14.4 Å². The number of rotatable bonds is 6. The number of carbonyl (C=O) groups excluding carboxylic acids is 2. The van der Waals surface area contributed by atoms with Gasteiger partial charge in [0.15, 0.2) is 13.2 Å². The van der Waals surface area contributed by atoms with E-state index in [0.717, 1.165) is 10.2 Å². The Kier molecular flexibility index (Phi) is 6.17. The Morgan fingerprint density at radius 3 is 2.48 bits per heavy atom. The van der Waals surface area contributed by atoms with Crippen LogP contribution in [0.2, 0.25) is 0 Å². The van der Waals surface area contributed by atoms with Crippen LogP contribution in [0.15, 0.2) is 59.1 Å². The van der Waals surface area contributed by atoms with Gasteiger partial charge >= 0.3 is 5.97 Å². The molecular weight excluding hydrogens is 362 g/mol. The zero-order chi connectivity index (χ0) is 16.7. The molecule has 0 aliphatic rings. The monoisotopic (exact) mass is 377 g/mol. The number of esters is 1. The lowest BCUT2D eigenvalue weighted by Crippen LogP contribution is -2.31. The van der Waals surface area contributed by atoms with Crippen molar-refractivity contribution < 1.29 is 19.1 Å². The largest absolute Gasteiger partial charge is 0.482 e. The number of anilines is 1. The highest BCUT2D eigenvalue weighted by molar-refractivity contribution is 9.10. The van der Waals surface area contributed by atoms with Gasteiger partial charge in [0.25, 0.3) is 5.91 Å². The Hall–Kier alpha value is -2.34. The van der Waals surface area contributed by atoms with E-state index in [-0.39, 0.29) is 19.1 Å². The number of carbonyl (C=O) groups is 2. The zero-order valence-corrected chi connectivity index (χ0v) is 14.2. The molecule has 0 radical (unpaired) electrons. The molecule has 0 saturated heterocycles. The lowest BCUT2D eigenvalue weighted by Gasteiger charge is -2.17. The SMILES string of the molecule is CN(C(=O)COC(=O)COc1cccc(Br)c1)c1ccccc1. The number of benzene rings is 2. The molecule has 0 fully saturated rings. The molecule has 1 amide bonds. The maximum Gasteiger partial charge on any atom is 0.344 e. The molecular formula is C17H16BrNO4. The van der Waals surface area contributed by atoms with Crippen LogP contribution in [0.4, 0.5) is 5.69 Å². The fraction of sp³-hybridized carbons (Fsp3) is 0.176. The summed E-state index contributed by atoms with van der Waals surface area (Å²) in [6, 6.07) is 16.2. The third-order valence-electron chi connectivity index (χ3n) is 3.03. The van der Waals surface area contributed by atoms with Crippen molar-refractivity contribution in [2.24, 2.45) is 0 Å².